The van der Waals surface area contributed by atoms with E-state index in [9.17, 15) is 0 Å². The van der Waals surface area contributed by atoms with Gasteiger partial charge in [0.25, 0.3) is 0 Å². The molecule has 3 aromatic heterocycles. The van der Waals surface area contributed by atoms with E-state index in [1.54, 1.807) is 6.20 Å². The number of H-pyrrole nitrogens is 2. The van der Waals surface area contributed by atoms with Crippen LogP contribution in [0.2, 0.25) is 0 Å². The van der Waals surface area contributed by atoms with Crippen molar-refractivity contribution in [3.63, 3.8) is 0 Å². The Morgan fingerprint density at radius 3 is 2.50 bits per heavy atom. The first kappa shape index (κ1) is 18.4. The largest absolute Gasteiger partial charge is 0.366 e. The summed E-state index contributed by atoms with van der Waals surface area (Å²) >= 11 is 0. The smallest absolute Gasteiger partial charge is 0.224 e. The van der Waals surface area contributed by atoms with Crippen LogP contribution in [0.4, 0.5) is 11.8 Å². The van der Waals surface area contributed by atoms with Crippen molar-refractivity contribution in [2.45, 2.75) is 13.1 Å². The van der Waals surface area contributed by atoms with E-state index in [0.717, 1.165) is 22.4 Å². The highest BCUT2D eigenvalue weighted by molar-refractivity contribution is 6.07. The molecule has 6 aromatic rings. The molecule has 6 heteroatoms. The van der Waals surface area contributed by atoms with Gasteiger partial charge in [-0.1, -0.05) is 30.3 Å². The number of hydrogen-bond acceptors (Lipinski definition) is 4. The minimum Gasteiger partial charge on any atom is -0.366 e. The van der Waals surface area contributed by atoms with Gasteiger partial charge in [-0.25, -0.2) is 4.98 Å². The maximum absolute atomic E-state index is 4.61. The summed E-state index contributed by atoms with van der Waals surface area (Å²) in [5.74, 6) is 1.40. The number of fused-ring (bicyclic) bond motifs is 4. The van der Waals surface area contributed by atoms with Crippen molar-refractivity contribution in [3.05, 3.63) is 96.3 Å². The van der Waals surface area contributed by atoms with E-state index in [-0.39, 0.29) is 0 Å². The van der Waals surface area contributed by atoms with E-state index in [1.165, 1.54) is 27.3 Å². The van der Waals surface area contributed by atoms with Crippen molar-refractivity contribution in [1.29, 1.82) is 0 Å². The standard InChI is InChI=1S/C26H22N6/c1-2-4-23-20(3-1)21-14-18(6-8-24(21)31-23)16-30-26-28-12-10-25(32-26)29-15-17-5-7-22-19(13-17)9-11-27-22/h1-14,27,31H,15-16H2,(H2,28,29,30,32). The fourth-order valence-electron chi connectivity index (χ4n) is 4.13. The quantitative estimate of drug-likeness (QED) is 0.275. The molecule has 0 unspecified atom stereocenters. The zero-order valence-corrected chi connectivity index (χ0v) is 17.4. The molecule has 0 radical (unpaired) electrons. The molecule has 0 aliphatic carbocycles. The molecule has 6 nitrogen and oxygen atoms in total. The molecule has 32 heavy (non-hydrogen) atoms. The summed E-state index contributed by atoms with van der Waals surface area (Å²) in [6, 6.07) is 25.2. The van der Waals surface area contributed by atoms with Crippen LogP contribution in [0.15, 0.2) is 85.2 Å². The van der Waals surface area contributed by atoms with Gasteiger partial charge in [0.05, 0.1) is 0 Å². The molecule has 0 atom stereocenters. The van der Waals surface area contributed by atoms with Crippen molar-refractivity contribution in [3.8, 4) is 0 Å². The summed E-state index contributed by atoms with van der Waals surface area (Å²) in [6.45, 7) is 1.36. The highest BCUT2D eigenvalue weighted by Gasteiger charge is 2.06. The first-order valence-electron chi connectivity index (χ1n) is 10.7. The summed E-state index contributed by atoms with van der Waals surface area (Å²) in [4.78, 5) is 15.7. The van der Waals surface area contributed by atoms with Crippen LogP contribution in [0.3, 0.4) is 0 Å². The second-order valence-electron chi connectivity index (χ2n) is 7.92. The van der Waals surface area contributed by atoms with Crippen molar-refractivity contribution in [2.75, 3.05) is 10.6 Å². The van der Waals surface area contributed by atoms with Gasteiger partial charge in [0.2, 0.25) is 5.95 Å². The first-order valence-corrected chi connectivity index (χ1v) is 10.7. The Morgan fingerprint density at radius 1 is 0.719 bits per heavy atom. The predicted molar refractivity (Wildman–Crippen MR) is 131 cm³/mol. The number of aromatic amines is 2. The molecule has 3 aromatic carbocycles. The molecule has 0 amide bonds. The minimum atomic E-state index is 0.607. The molecule has 4 N–H and O–H groups in total. The lowest BCUT2D eigenvalue weighted by atomic mass is 10.1. The van der Waals surface area contributed by atoms with Crippen LogP contribution in [0.5, 0.6) is 0 Å². The van der Waals surface area contributed by atoms with Crippen molar-refractivity contribution in [2.24, 2.45) is 0 Å². The second kappa shape index (κ2) is 7.74. The zero-order chi connectivity index (χ0) is 21.3. The van der Waals surface area contributed by atoms with Crippen LogP contribution in [0.1, 0.15) is 11.1 Å². The summed E-state index contributed by atoms with van der Waals surface area (Å²) in [5, 5.41) is 10.4. The number of benzene rings is 3. The molecular formula is C26H22N6. The van der Waals surface area contributed by atoms with Crippen LogP contribution in [0.25, 0.3) is 32.7 Å². The Balaban J connectivity index is 1.15. The third-order valence-electron chi connectivity index (χ3n) is 5.77. The Kier molecular flexibility index (Phi) is 4.46. The number of nitrogens with zero attached hydrogens (tertiary/aromatic N) is 2. The molecule has 0 aliphatic rings. The van der Waals surface area contributed by atoms with E-state index >= 15 is 0 Å². The Bertz CT molecular complexity index is 1540. The van der Waals surface area contributed by atoms with Gasteiger partial charge in [-0.05, 0) is 59.0 Å². The van der Waals surface area contributed by atoms with E-state index in [4.69, 9.17) is 0 Å². The topological polar surface area (TPSA) is 81.4 Å². The normalized spacial score (nSPS) is 11.4. The molecular weight excluding hydrogens is 396 g/mol. The fourth-order valence-corrected chi connectivity index (χ4v) is 4.13. The van der Waals surface area contributed by atoms with Gasteiger partial charge >= 0.3 is 0 Å². The van der Waals surface area contributed by atoms with Gasteiger partial charge < -0.3 is 20.6 Å². The van der Waals surface area contributed by atoms with Gasteiger partial charge in [-0.15, -0.1) is 0 Å². The van der Waals surface area contributed by atoms with E-state index in [1.807, 2.05) is 12.3 Å². The summed E-state index contributed by atoms with van der Waals surface area (Å²) < 4.78 is 0. The Hall–Kier alpha value is -4.32. The third kappa shape index (κ3) is 3.52. The minimum absolute atomic E-state index is 0.607. The van der Waals surface area contributed by atoms with Crippen LogP contribution in [0, 0.1) is 0 Å². The maximum Gasteiger partial charge on any atom is 0.224 e. The van der Waals surface area contributed by atoms with Crippen molar-refractivity contribution < 1.29 is 0 Å². The molecule has 0 bridgehead atoms. The Morgan fingerprint density at radius 2 is 1.53 bits per heavy atom. The number of hydrogen-bond donors (Lipinski definition) is 4. The average molecular weight is 419 g/mol. The molecule has 156 valence electrons. The molecule has 0 saturated carbocycles. The number of nitrogens with one attached hydrogen (secondary N) is 4. The fraction of sp³-hybridized carbons (Fsp3) is 0.0769. The Labute approximate surface area is 184 Å². The predicted octanol–water partition coefficient (Wildman–Crippen LogP) is 5.82. The molecule has 0 saturated heterocycles. The van der Waals surface area contributed by atoms with Crippen LogP contribution in [-0.2, 0) is 13.1 Å². The molecule has 0 fully saturated rings. The first-order chi connectivity index (χ1) is 15.8. The van der Waals surface area contributed by atoms with Crippen LogP contribution >= 0.6 is 0 Å². The summed E-state index contributed by atoms with van der Waals surface area (Å²) in [7, 11) is 0. The molecule has 6 rings (SSSR count). The molecule has 3 heterocycles. The van der Waals surface area contributed by atoms with Gasteiger partial charge in [0, 0.05) is 52.8 Å². The summed E-state index contributed by atoms with van der Waals surface area (Å²) in [6.07, 6.45) is 3.73. The second-order valence-corrected chi connectivity index (χ2v) is 7.92. The maximum atomic E-state index is 4.61. The number of anilines is 2. The molecule has 0 aliphatic heterocycles. The third-order valence-corrected chi connectivity index (χ3v) is 5.77. The lowest BCUT2D eigenvalue weighted by Crippen LogP contribution is -2.06. The zero-order valence-electron chi connectivity index (χ0n) is 17.4. The SMILES string of the molecule is c1ccc2c(c1)[nH]c1ccc(CNc3nccc(NCc4ccc5[nH]ccc5c4)n3)cc12. The van der Waals surface area contributed by atoms with Gasteiger partial charge in [-0.3, -0.25) is 0 Å². The van der Waals surface area contributed by atoms with E-state index in [2.05, 4.69) is 97.3 Å². The van der Waals surface area contributed by atoms with Gasteiger partial charge in [-0.2, -0.15) is 4.98 Å². The summed E-state index contributed by atoms with van der Waals surface area (Å²) in [5.41, 5.74) is 5.84. The van der Waals surface area contributed by atoms with Crippen molar-refractivity contribution >= 4 is 44.5 Å². The van der Waals surface area contributed by atoms with Crippen molar-refractivity contribution in [1.82, 2.24) is 19.9 Å². The van der Waals surface area contributed by atoms with Gasteiger partial charge in [0.15, 0.2) is 0 Å². The van der Waals surface area contributed by atoms with E-state index in [0.29, 0.717) is 19.0 Å². The monoisotopic (exact) mass is 418 g/mol. The van der Waals surface area contributed by atoms with Gasteiger partial charge in [0.1, 0.15) is 5.82 Å². The number of rotatable bonds is 6. The lowest BCUT2D eigenvalue weighted by molar-refractivity contribution is 1.04. The van der Waals surface area contributed by atoms with E-state index < -0.39 is 0 Å². The van der Waals surface area contributed by atoms with Crippen LogP contribution in [-0.4, -0.2) is 19.9 Å². The molecule has 0 spiro atoms. The lowest BCUT2D eigenvalue weighted by Gasteiger charge is -2.09. The van der Waals surface area contributed by atoms with Crippen LogP contribution < -0.4 is 10.6 Å². The highest BCUT2D eigenvalue weighted by atomic mass is 15.1. The highest BCUT2D eigenvalue weighted by Crippen LogP contribution is 2.26. The number of aromatic nitrogens is 4. The average Bonchev–Trinajstić information content (AvgIpc) is 3.45. The number of para-hydroxylation sites is 1.